The maximum Gasteiger partial charge on any atom is 0.267 e. The predicted octanol–water partition coefficient (Wildman–Crippen LogP) is 4.44. The molecule has 2 aliphatic heterocycles. The molecular weight excluding hydrogens is 464 g/mol. The summed E-state index contributed by atoms with van der Waals surface area (Å²) in [6, 6.07) is 15.3. The molecular formula is C27H28N2O5S. The van der Waals surface area contributed by atoms with Gasteiger partial charge in [-0.3, -0.25) is 9.59 Å². The van der Waals surface area contributed by atoms with Crippen molar-refractivity contribution in [2.24, 2.45) is 0 Å². The SMILES string of the molecule is COc1cc2c(cc1OC)C(c1cccs1)N(C(=O)CCN1C(=O)C(C)Oc3ccccc31)CC2. The van der Waals surface area contributed by atoms with Gasteiger partial charge in [-0.25, -0.2) is 0 Å². The number of carbonyl (C=O) groups is 2. The van der Waals surface area contributed by atoms with Gasteiger partial charge in [0.1, 0.15) is 5.75 Å². The van der Waals surface area contributed by atoms with Gasteiger partial charge < -0.3 is 24.0 Å². The first-order chi connectivity index (χ1) is 17.0. The summed E-state index contributed by atoms with van der Waals surface area (Å²) in [6.45, 7) is 2.63. The molecule has 35 heavy (non-hydrogen) atoms. The van der Waals surface area contributed by atoms with Crippen LogP contribution >= 0.6 is 11.3 Å². The first-order valence-electron chi connectivity index (χ1n) is 11.7. The Morgan fingerprint density at radius 3 is 2.63 bits per heavy atom. The maximum atomic E-state index is 13.6. The van der Waals surface area contributed by atoms with Gasteiger partial charge in [0.2, 0.25) is 5.91 Å². The zero-order valence-electron chi connectivity index (χ0n) is 20.0. The topological polar surface area (TPSA) is 68.3 Å². The van der Waals surface area contributed by atoms with E-state index < -0.39 is 6.10 Å². The third kappa shape index (κ3) is 4.23. The van der Waals surface area contributed by atoms with Crippen molar-refractivity contribution in [3.05, 3.63) is 69.9 Å². The van der Waals surface area contributed by atoms with Crippen LogP contribution in [0.25, 0.3) is 0 Å². The Hall–Kier alpha value is -3.52. The number of methoxy groups -OCH3 is 2. The van der Waals surface area contributed by atoms with E-state index in [0.29, 0.717) is 36.0 Å². The molecule has 5 rings (SSSR count). The number of amides is 2. The molecule has 182 valence electrons. The molecule has 3 heterocycles. The standard InChI is InChI=1S/C27H28N2O5S/c1-17-27(31)28(20-7-4-5-8-21(20)34-17)13-11-25(30)29-12-10-18-15-22(32-2)23(33-3)16-19(18)26(29)24-9-6-14-35-24/h4-9,14-17,26H,10-13H2,1-3H3. The van der Waals surface area contributed by atoms with Crippen molar-refractivity contribution in [2.45, 2.75) is 31.9 Å². The number of fused-ring (bicyclic) bond motifs is 2. The van der Waals surface area contributed by atoms with Crippen LogP contribution in [0.5, 0.6) is 17.2 Å². The first-order valence-corrected chi connectivity index (χ1v) is 12.5. The quantitative estimate of drug-likeness (QED) is 0.509. The summed E-state index contributed by atoms with van der Waals surface area (Å²) in [5.41, 5.74) is 2.90. The average Bonchev–Trinajstić information content (AvgIpc) is 3.41. The number of anilines is 1. The summed E-state index contributed by atoms with van der Waals surface area (Å²) in [4.78, 5) is 31.2. The van der Waals surface area contributed by atoms with Crippen molar-refractivity contribution in [2.75, 3.05) is 32.2 Å². The van der Waals surface area contributed by atoms with Gasteiger partial charge in [-0.15, -0.1) is 11.3 Å². The van der Waals surface area contributed by atoms with Crippen molar-refractivity contribution in [3.63, 3.8) is 0 Å². The second kappa shape index (κ2) is 9.62. The smallest absolute Gasteiger partial charge is 0.267 e. The van der Waals surface area contributed by atoms with Crippen LogP contribution in [0.2, 0.25) is 0 Å². The zero-order chi connectivity index (χ0) is 24.5. The number of para-hydroxylation sites is 2. The van der Waals surface area contributed by atoms with E-state index in [4.69, 9.17) is 14.2 Å². The van der Waals surface area contributed by atoms with Crippen LogP contribution in [-0.4, -0.2) is 50.1 Å². The first kappa shape index (κ1) is 23.2. The maximum absolute atomic E-state index is 13.6. The van der Waals surface area contributed by atoms with Gasteiger partial charge in [0.15, 0.2) is 17.6 Å². The minimum atomic E-state index is -0.580. The number of thiophene rings is 1. The van der Waals surface area contributed by atoms with E-state index in [2.05, 4.69) is 6.07 Å². The van der Waals surface area contributed by atoms with Crippen molar-refractivity contribution in [1.29, 1.82) is 0 Å². The van der Waals surface area contributed by atoms with Crippen LogP contribution in [-0.2, 0) is 16.0 Å². The van der Waals surface area contributed by atoms with Gasteiger partial charge >= 0.3 is 0 Å². The van der Waals surface area contributed by atoms with Crippen molar-refractivity contribution in [3.8, 4) is 17.2 Å². The Balaban J connectivity index is 1.43. The largest absolute Gasteiger partial charge is 0.493 e. The highest BCUT2D eigenvalue weighted by Crippen LogP contribution is 2.42. The van der Waals surface area contributed by atoms with E-state index in [0.717, 1.165) is 22.4 Å². The number of rotatable bonds is 6. The number of ether oxygens (including phenoxy) is 3. The average molecular weight is 493 g/mol. The Morgan fingerprint density at radius 2 is 1.89 bits per heavy atom. The molecule has 2 unspecified atom stereocenters. The number of hydrogen-bond donors (Lipinski definition) is 0. The van der Waals surface area contributed by atoms with Gasteiger partial charge in [-0.1, -0.05) is 18.2 Å². The van der Waals surface area contributed by atoms with Crippen molar-refractivity contribution < 1.29 is 23.8 Å². The van der Waals surface area contributed by atoms with Crippen LogP contribution in [0.3, 0.4) is 0 Å². The van der Waals surface area contributed by atoms with E-state index in [1.54, 1.807) is 37.4 Å². The highest BCUT2D eigenvalue weighted by atomic mass is 32.1. The molecule has 0 saturated carbocycles. The molecule has 1 aromatic heterocycles. The van der Waals surface area contributed by atoms with Crippen molar-refractivity contribution in [1.82, 2.24) is 4.90 Å². The Morgan fingerprint density at radius 1 is 1.11 bits per heavy atom. The summed E-state index contributed by atoms with van der Waals surface area (Å²) < 4.78 is 16.8. The fourth-order valence-electron chi connectivity index (χ4n) is 4.91. The minimum Gasteiger partial charge on any atom is -0.493 e. The zero-order valence-corrected chi connectivity index (χ0v) is 20.8. The molecule has 0 saturated heterocycles. The molecule has 8 heteroatoms. The van der Waals surface area contributed by atoms with Crippen LogP contribution in [0.1, 0.15) is 35.4 Å². The lowest BCUT2D eigenvalue weighted by Crippen LogP contribution is -2.47. The molecule has 2 amide bonds. The normalized spacial score (nSPS) is 19.0. The van der Waals surface area contributed by atoms with Crippen LogP contribution < -0.4 is 19.1 Å². The number of nitrogens with zero attached hydrogens (tertiary/aromatic N) is 2. The molecule has 2 aromatic carbocycles. The van der Waals surface area contributed by atoms with E-state index in [1.807, 2.05) is 52.7 Å². The van der Waals surface area contributed by atoms with Crippen molar-refractivity contribution >= 4 is 28.8 Å². The molecule has 0 spiro atoms. The number of hydrogen-bond acceptors (Lipinski definition) is 6. The lowest BCUT2D eigenvalue weighted by atomic mass is 9.90. The summed E-state index contributed by atoms with van der Waals surface area (Å²) in [6.07, 6.45) is 0.361. The van der Waals surface area contributed by atoms with Gasteiger partial charge in [0, 0.05) is 24.4 Å². The fourth-order valence-corrected chi connectivity index (χ4v) is 5.76. The predicted molar refractivity (Wildman–Crippen MR) is 135 cm³/mol. The molecule has 2 atom stereocenters. The summed E-state index contributed by atoms with van der Waals surface area (Å²) in [5, 5.41) is 2.03. The molecule has 0 bridgehead atoms. The Kier molecular flexibility index (Phi) is 6.38. The molecule has 2 aliphatic rings. The van der Waals surface area contributed by atoms with Gasteiger partial charge in [0.05, 0.1) is 25.9 Å². The van der Waals surface area contributed by atoms with Gasteiger partial charge in [-0.05, 0) is 60.2 Å². The molecule has 0 radical (unpaired) electrons. The van der Waals surface area contributed by atoms with Gasteiger partial charge in [0.25, 0.3) is 5.91 Å². The number of benzene rings is 2. The second-order valence-corrected chi connectivity index (χ2v) is 9.61. The highest BCUT2D eigenvalue weighted by Gasteiger charge is 2.36. The molecule has 3 aromatic rings. The third-order valence-corrected chi connectivity index (χ3v) is 7.55. The second-order valence-electron chi connectivity index (χ2n) is 8.63. The van der Waals surface area contributed by atoms with Crippen LogP contribution in [0, 0.1) is 0 Å². The monoisotopic (exact) mass is 492 g/mol. The van der Waals surface area contributed by atoms with E-state index in [9.17, 15) is 9.59 Å². The highest BCUT2D eigenvalue weighted by molar-refractivity contribution is 7.10. The number of carbonyl (C=O) groups excluding carboxylic acids is 2. The summed E-state index contributed by atoms with van der Waals surface area (Å²) >= 11 is 1.63. The minimum absolute atomic E-state index is 0.00765. The molecule has 0 N–H and O–H groups in total. The Bertz CT molecular complexity index is 1240. The van der Waals surface area contributed by atoms with Gasteiger partial charge in [-0.2, -0.15) is 0 Å². The molecule has 7 nitrogen and oxygen atoms in total. The summed E-state index contributed by atoms with van der Waals surface area (Å²) in [7, 11) is 3.25. The molecule has 0 fully saturated rings. The van der Waals surface area contributed by atoms with E-state index >= 15 is 0 Å². The molecule has 0 aliphatic carbocycles. The summed E-state index contributed by atoms with van der Waals surface area (Å²) in [5.74, 6) is 1.87. The Labute approximate surface area is 208 Å². The fraction of sp³-hybridized carbons (Fsp3) is 0.333. The third-order valence-electron chi connectivity index (χ3n) is 6.63. The van der Waals surface area contributed by atoms with Crippen LogP contribution in [0.15, 0.2) is 53.9 Å². The lowest BCUT2D eigenvalue weighted by molar-refractivity contribution is -0.133. The lowest BCUT2D eigenvalue weighted by Gasteiger charge is -2.38. The van der Waals surface area contributed by atoms with E-state index in [-0.39, 0.29) is 24.3 Å². The van der Waals surface area contributed by atoms with Crippen LogP contribution in [0.4, 0.5) is 5.69 Å². The van der Waals surface area contributed by atoms with E-state index in [1.165, 1.54) is 0 Å².